The van der Waals surface area contributed by atoms with Gasteiger partial charge in [0.25, 0.3) is 5.60 Å². The minimum atomic E-state index is -5.97. The van der Waals surface area contributed by atoms with Crippen molar-refractivity contribution in [2.24, 2.45) is 0 Å². The van der Waals surface area contributed by atoms with Crippen LogP contribution >= 0.6 is 0 Å². The number of carbonyl (C=O) groups excluding carboxylic acids is 1. The van der Waals surface area contributed by atoms with E-state index in [4.69, 9.17) is 9.47 Å². The summed E-state index contributed by atoms with van der Waals surface area (Å²) in [5.41, 5.74) is -5.64. The molecule has 0 saturated carbocycles. The van der Waals surface area contributed by atoms with E-state index in [2.05, 4.69) is 0 Å². The lowest BCUT2D eigenvalue weighted by Crippen LogP contribution is -2.53. The van der Waals surface area contributed by atoms with Crippen LogP contribution < -0.4 is 14.6 Å². The Morgan fingerprint density at radius 1 is 0.875 bits per heavy atom. The van der Waals surface area contributed by atoms with Gasteiger partial charge in [-0.05, 0) is 42.7 Å². The molecule has 11 heteroatoms. The molecule has 0 amide bonds. The minimum absolute atomic E-state index is 0.0659. The fraction of sp³-hybridized carbons (Fsp3) is 0.381. The van der Waals surface area contributed by atoms with Gasteiger partial charge in [0.2, 0.25) is 0 Å². The number of benzene rings is 2. The van der Waals surface area contributed by atoms with Crippen molar-refractivity contribution in [3.63, 3.8) is 0 Å². The third-order valence-corrected chi connectivity index (χ3v) is 4.44. The van der Waals surface area contributed by atoms with Gasteiger partial charge in [0.15, 0.2) is 0 Å². The van der Waals surface area contributed by atoms with Crippen LogP contribution in [0.5, 0.6) is 11.5 Å². The van der Waals surface area contributed by atoms with Gasteiger partial charge in [0, 0.05) is 18.0 Å². The molecule has 0 atom stereocenters. The zero-order valence-corrected chi connectivity index (χ0v) is 16.5. The topological polar surface area (TPSA) is 78.8 Å². The number of aryl methyl sites for hydroxylation is 1. The summed E-state index contributed by atoms with van der Waals surface area (Å²) in [5.74, 6) is -0.936. The molecular weight excluding hydrogens is 446 g/mol. The van der Waals surface area contributed by atoms with Crippen LogP contribution in [0.1, 0.15) is 24.0 Å². The summed E-state index contributed by atoms with van der Waals surface area (Å²) in [5, 5.41) is 19.9. The second-order valence-corrected chi connectivity index (χ2v) is 6.80. The maximum Gasteiger partial charge on any atom is 0.430 e. The zero-order chi connectivity index (χ0) is 24.0. The summed E-state index contributed by atoms with van der Waals surface area (Å²) in [7, 11) is 0. The molecule has 176 valence electrons. The maximum atomic E-state index is 13.0. The van der Waals surface area contributed by atoms with E-state index in [1.165, 1.54) is 6.07 Å². The smallest absolute Gasteiger partial charge is 0.430 e. The molecule has 0 saturated heterocycles. The molecule has 0 aliphatic heterocycles. The lowest BCUT2D eigenvalue weighted by molar-refractivity contribution is -0.376. The summed E-state index contributed by atoms with van der Waals surface area (Å²) in [4.78, 5) is 10.4. The average molecular weight is 465 g/mol. The van der Waals surface area contributed by atoms with Gasteiger partial charge in [0.05, 0.1) is 13.2 Å². The highest BCUT2D eigenvalue weighted by Gasteiger charge is 2.71. The first kappa shape index (κ1) is 25.3. The predicted octanol–water partition coefficient (Wildman–Crippen LogP) is 3.53. The van der Waals surface area contributed by atoms with Gasteiger partial charge in [-0.25, -0.2) is 0 Å². The van der Waals surface area contributed by atoms with Crippen LogP contribution in [0.3, 0.4) is 0 Å². The van der Waals surface area contributed by atoms with E-state index in [0.29, 0.717) is 24.3 Å². The number of ether oxygens (including phenoxy) is 2. The Hall–Kier alpha value is -2.95. The molecule has 32 heavy (non-hydrogen) atoms. The van der Waals surface area contributed by atoms with Crippen molar-refractivity contribution in [3.05, 3.63) is 59.7 Å². The highest BCUT2D eigenvalue weighted by molar-refractivity contribution is 5.64. The molecule has 0 fully saturated rings. The van der Waals surface area contributed by atoms with Crippen LogP contribution in [0.2, 0.25) is 0 Å². The molecule has 0 aliphatic rings. The van der Waals surface area contributed by atoms with Crippen LogP contribution in [-0.2, 0) is 16.8 Å². The Labute approximate surface area is 179 Å². The zero-order valence-electron chi connectivity index (χ0n) is 16.5. The second-order valence-electron chi connectivity index (χ2n) is 6.80. The lowest BCUT2D eigenvalue weighted by atomic mass is 9.92. The molecule has 2 aromatic carbocycles. The number of aliphatic hydroxyl groups is 1. The van der Waals surface area contributed by atoms with Crippen molar-refractivity contribution < 1.29 is 50.8 Å². The highest BCUT2D eigenvalue weighted by Crippen LogP contribution is 2.50. The first-order valence-electron chi connectivity index (χ1n) is 9.35. The van der Waals surface area contributed by atoms with Gasteiger partial charge in [-0.3, -0.25) is 0 Å². The first-order valence-corrected chi connectivity index (χ1v) is 9.35. The van der Waals surface area contributed by atoms with Gasteiger partial charge in [0.1, 0.15) is 11.5 Å². The molecular formula is C21H19F6O5-. The lowest BCUT2D eigenvalue weighted by Gasteiger charge is -2.32. The Balaban J connectivity index is 1.88. The van der Waals surface area contributed by atoms with Gasteiger partial charge in [-0.15, -0.1) is 0 Å². The van der Waals surface area contributed by atoms with Crippen LogP contribution in [0.25, 0.3) is 0 Å². The maximum absolute atomic E-state index is 13.0. The van der Waals surface area contributed by atoms with Crippen LogP contribution in [0, 0.1) is 0 Å². The van der Waals surface area contributed by atoms with Crippen LogP contribution in [0.15, 0.2) is 48.5 Å². The third-order valence-electron chi connectivity index (χ3n) is 4.44. The van der Waals surface area contributed by atoms with Crippen molar-refractivity contribution in [2.75, 3.05) is 13.2 Å². The van der Waals surface area contributed by atoms with Crippen molar-refractivity contribution in [3.8, 4) is 11.5 Å². The van der Waals surface area contributed by atoms with E-state index in [1.54, 1.807) is 24.3 Å². The number of hydrogen-bond acceptors (Lipinski definition) is 5. The predicted molar refractivity (Wildman–Crippen MR) is 97.8 cm³/mol. The fourth-order valence-electron chi connectivity index (χ4n) is 2.74. The monoisotopic (exact) mass is 465 g/mol. The summed E-state index contributed by atoms with van der Waals surface area (Å²) in [6.45, 7) is 0.0801. The summed E-state index contributed by atoms with van der Waals surface area (Å²) in [6.07, 6.45) is -11.5. The van der Waals surface area contributed by atoms with Crippen LogP contribution in [-0.4, -0.2) is 36.6 Å². The van der Waals surface area contributed by atoms with E-state index in [9.17, 15) is 41.4 Å². The van der Waals surface area contributed by atoms with Gasteiger partial charge >= 0.3 is 12.4 Å². The van der Waals surface area contributed by atoms with Crippen molar-refractivity contribution in [1.29, 1.82) is 0 Å². The number of rotatable bonds is 10. The van der Waals surface area contributed by atoms with E-state index >= 15 is 0 Å². The number of halogens is 6. The molecule has 5 nitrogen and oxygen atoms in total. The third kappa shape index (κ3) is 6.28. The Morgan fingerprint density at radius 3 is 1.97 bits per heavy atom. The quantitative estimate of drug-likeness (QED) is 0.429. The molecule has 0 radical (unpaired) electrons. The minimum Gasteiger partial charge on any atom is -0.550 e. The Bertz CT molecular complexity index is 879. The number of alkyl halides is 6. The summed E-state index contributed by atoms with van der Waals surface area (Å²) in [6, 6.07) is 9.73. The largest absolute Gasteiger partial charge is 0.550 e. The van der Waals surface area contributed by atoms with E-state index in [1.807, 2.05) is 0 Å². The van der Waals surface area contributed by atoms with Gasteiger partial charge in [-0.2, -0.15) is 26.3 Å². The van der Waals surface area contributed by atoms with Crippen LogP contribution in [0.4, 0.5) is 26.3 Å². The fourth-order valence-corrected chi connectivity index (χ4v) is 2.74. The summed E-state index contributed by atoms with van der Waals surface area (Å²) < 4.78 is 88.5. The highest BCUT2D eigenvalue weighted by atomic mass is 19.4. The summed E-state index contributed by atoms with van der Waals surface area (Å²) >= 11 is 0. The number of carbonyl (C=O) groups is 1. The van der Waals surface area contributed by atoms with Crippen molar-refractivity contribution in [1.82, 2.24) is 0 Å². The molecule has 0 bridgehead atoms. The molecule has 2 rings (SSSR count). The molecule has 1 N–H and O–H groups in total. The molecule has 0 unspecified atom stereocenters. The van der Waals surface area contributed by atoms with Gasteiger partial charge < -0.3 is 24.5 Å². The normalized spacial score (nSPS) is 12.5. The van der Waals surface area contributed by atoms with Crippen molar-refractivity contribution in [2.45, 2.75) is 37.2 Å². The second kappa shape index (κ2) is 10.1. The number of carboxylic acid groups (broad SMARTS) is 1. The molecule has 0 aliphatic carbocycles. The number of hydrogen-bond donors (Lipinski definition) is 1. The molecule has 0 heterocycles. The average Bonchev–Trinajstić information content (AvgIpc) is 2.70. The van der Waals surface area contributed by atoms with E-state index in [-0.39, 0.29) is 31.8 Å². The molecule has 2 aromatic rings. The van der Waals surface area contributed by atoms with E-state index < -0.39 is 29.5 Å². The van der Waals surface area contributed by atoms with Gasteiger partial charge in [-0.1, -0.05) is 24.3 Å². The molecule has 0 spiro atoms. The SMILES string of the molecule is O=C([O-])CCc1ccc(OCCCOc2cccc(C(O)(C(F)(F)F)C(F)(F)F)c2)cc1. The first-order chi connectivity index (χ1) is 14.8. The number of carboxylic acids is 1. The molecule has 0 aromatic heterocycles. The Morgan fingerprint density at radius 2 is 1.44 bits per heavy atom. The number of aliphatic carboxylic acids is 1. The van der Waals surface area contributed by atoms with E-state index in [0.717, 1.165) is 11.6 Å². The Kier molecular flexibility index (Phi) is 8.00. The standard InChI is InChI=1S/C21H20F6O5/c22-20(23,24)19(30,21(25,26)27)15-3-1-4-17(13-15)32-12-2-11-31-16-8-5-14(6-9-16)7-10-18(28)29/h1,3-6,8-9,13,30H,2,7,10-12H2,(H,28,29)/p-1. The van der Waals surface area contributed by atoms with Crippen molar-refractivity contribution >= 4 is 5.97 Å².